The molecule has 0 spiro atoms. The van der Waals surface area contributed by atoms with Crippen LogP contribution in [0.1, 0.15) is 5.56 Å². The highest BCUT2D eigenvalue weighted by molar-refractivity contribution is 5.31. The molecule has 0 aliphatic carbocycles. The van der Waals surface area contributed by atoms with Gasteiger partial charge in [0.25, 0.3) is 0 Å². The first-order valence-corrected chi connectivity index (χ1v) is 3.37. The first-order valence-electron chi connectivity index (χ1n) is 3.37. The van der Waals surface area contributed by atoms with Crippen LogP contribution in [0.4, 0.5) is 22.0 Å². The number of nitrogens with zero attached hydrogens (tertiary/aromatic N) is 1. The van der Waals surface area contributed by atoms with Crippen molar-refractivity contribution in [3.05, 3.63) is 23.5 Å². The summed E-state index contributed by atoms with van der Waals surface area (Å²) < 4.78 is 63.7. The summed E-state index contributed by atoms with van der Waals surface area (Å²) in [4.78, 5) is 2.88. The van der Waals surface area contributed by atoms with Crippen molar-refractivity contribution in [2.24, 2.45) is 0 Å². The van der Waals surface area contributed by atoms with Crippen molar-refractivity contribution in [1.82, 2.24) is 4.98 Å². The second-order valence-electron chi connectivity index (χ2n) is 2.40. The zero-order valence-corrected chi connectivity index (χ0v) is 6.82. The summed E-state index contributed by atoms with van der Waals surface area (Å²) in [7, 11) is 0. The van der Waals surface area contributed by atoms with Gasteiger partial charge in [-0.1, -0.05) is 0 Å². The fraction of sp³-hybridized carbons (Fsp3) is 0.286. The number of alkyl halides is 3. The first-order chi connectivity index (χ1) is 6.31. The van der Waals surface area contributed by atoms with Crippen LogP contribution in [0.3, 0.4) is 0 Å². The number of halogens is 5. The Morgan fingerprint density at radius 2 is 1.86 bits per heavy atom. The molecule has 0 amide bonds. The summed E-state index contributed by atoms with van der Waals surface area (Å²) >= 11 is 0. The maximum absolute atomic E-state index is 12.7. The van der Waals surface area contributed by atoms with Gasteiger partial charge in [-0.15, -0.1) is 13.2 Å². The van der Waals surface area contributed by atoms with Crippen LogP contribution >= 0.6 is 0 Å². The minimum Gasteiger partial charge on any atom is -0.402 e. The lowest BCUT2D eigenvalue weighted by Gasteiger charge is -2.11. The molecule has 0 saturated heterocycles. The zero-order valence-electron chi connectivity index (χ0n) is 6.82. The SMILES string of the molecule is Cc1c(F)ncc(F)c1OC(F)(F)F. The summed E-state index contributed by atoms with van der Waals surface area (Å²) in [5.41, 5.74) is -0.623. The van der Waals surface area contributed by atoms with Gasteiger partial charge in [0.15, 0.2) is 11.6 Å². The summed E-state index contributed by atoms with van der Waals surface area (Å²) in [5.74, 6) is -3.75. The Hall–Kier alpha value is -1.40. The minimum absolute atomic E-state index is 0.323. The fourth-order valence-electron chi connectivity index (χ4n) is 0.783. The van der Waals surface area contributed by atoms with Crippen LogP contribution < -0.4 is 4.74 Å². The Kier molecular flexibility index (Phi) is 2.59. The maximum Gasteiger partial charge on any atom is 0.573 e. The molecule has 1 aromatic heterocycles. The molecule has 0 radical (unpaired) electrons. The zero-order chi connectivity index (χ0) is 10.9. The molecule has 78 valence electrons. The molecule has 2 nitrogen and oxygen atoms in total. The Morgan fingerprint density at radius 1 is 1.29 bits per heavy atom. The van der Waals surface area contributed by atoms with E-state index in [4.69, 9.17) is 0 Å². The van der Waals surface area contributed by atoms with Crippen molar-refractivity contribution in [2.75, 3.05) is 0 Å². The molecule has 0 atom stereocenters. The number of pyridine rings is 1. The van der Waals surface area contributed by atoms with Gasteiger partial charge < -0.3 is 4.74 Å². The molecule has 0 aliphatic rings. The number of hydrogen-bond acceptors (Lipinski definition) is 2. The van der Waals surface area contributed by atoms with E-state index in [1.807, 2.05) is 0 Å². The molecule has 14 heavy (non-hydrogen) atoms. The number of ether oxygens (including phenoxy) is 1. The van der Waals surface area contributed by atoms with Crippen LogP contribution in [0.2, 0.25) is 0 Å². The van der Waals surface area contributed by atoms with Gasteiger partial charge in [-0.25, -0.2) is 9.37 Å². The topological polar surface area (TPSA) is 22.1 Å². The van der Waals surface area contributed by atoms with Gasteiger partial charge in [-0.2, -0.15) is 4.39 Å². The van der Waals surface area contributed by atoms with Crippen LogP contribution in [0.25, 0.3) is 0 Å². The van der Waals surface area contributed by atoms with Gasteiger partial charge in [-0.05, 0) is 6.92 Å². The van der Waals surface area contributed by atoms with Crippen LogP contribution in [0.5, 0.6) is 5.75 Å². The summed E-state index contributed by atoms with van der Waals surface area (Å²) in [6.07, 6.45) is -4.73. The normalized spacial score (nSPS) is 11.6. The smallest absolute Gasteiger partial charge is 0.402 e. The Bertz CT molecular complexity index is 349. The second-order valence-corrected chi connectivity index (χ2v) is 2.40. The van der Waals surface area contributed by atoms with E-state index in [1.165, 1.54) is 0 Å². The van der Waals surface area contributed by atoms with Crippen LogP contribution in [-0.2, 0) is 0 Å². The van der Waals surface area contributed by atoms with Crippen molar-refractivity contribution < 1.29 is 26.7 Å². The number of hydrogen-bond donors (Lipinski definition) is 0. The van der Waals surface area contributed by atoms with Gasteiger partial charge in [-0.3, -0.25) is 0 Å². The largest absolute Gasteiger partial charge is 0.573 e. The second kappa shape index (κ2) is 3.39. The first kappa shape index (κ1) is 10.7. The molecular weight excluding hydrogens is 209 g/mol. The molecule has 0 aliphatic heterocycles. The molecule has 1 rings (SSSR count). The average Bonchev–Trinajstić information content (AvgIpc) is 2.04. The fourth-order valence-corrected chi connectivity index (χ4v) is 0.783. The third kappa shape index (κ3) is 2.30. The Labute approximate surface area is 75.3 Å². The third-order valence-electron chi connectivity index (χ3n) is 1.38. The quantitative estimate of drug-likeness (QED) is 0.528. The molecule has 0 fully saturated rings. The molecule has 0 aromatic carbocycles. The van der Waals surface area contributed by atoms with Gasteiger partial charge in [0.2, 0.25) is 5.95 Å². The van der Waals surface area contributed by atoms with Crippen molar-refractivity contribution in [3.8, 4) is 5.75 Å². The molecule has 1 heterocycles. The highest BCUT2D eigenvalue weighted by Crippen LogP contribution is 2.29. The third-order valence-corrected chi connectivity index (χ3v) is 1.38. The van der Waals surface area contributed by atoms with Crippen molar-refractivity contribution in [2.45, 2.75) is 13.3 Å². The van der Waals surface area contributed by atoms with E-state index in [0.29, 0.717) is 6.20 Å². The predicted octanol–water partition coefficient (Wildman–Crippen LogP) is 2.57. The van der Waals surface area contributed by atoms with Gasteiger partial charge in [0.05, 0.1) is 6.20 Å². The maximum atomic E-state index is 12.7. The summed E-state index contributed by atoms with van der Waals surface area (Å²) in [5, 5.41) is 0. The van der Waals surface area contributed by atoms with Gasteiger partial charge in [0.1, 0.15) is 0 Å². The molecule has 7 heteroatoms. The minimum atomic E-state index is -5.06. The van der Waals surface area contributed by atoms with E-state index in [1.54, 1.807) is 0 Å². The predicted molar refractivity (Wildman–Crippen MR) is 35.6 cm³/mol. The van der Waals surface area contributed by atoms with Gasteiger partial charge >= 0.3 is 6.36 Å². The standard InChI is InChI=1S/C7H4F5NO/c1-3-5(14-7(10,11)12)4(8)2-13-6(3)9/h2H,1H3. The summed E-state index contributed by atoms with van der Waals surface area (Å²) in [6.45, 7) is 0.937. The number of rotatable bonds is 1. The van der Waals surface area contributed by atoms with Crippen molar-refractivity contribution >= 4 is 0 Å². The molecule has 1 aromatic rings. The van der Waals surface area contributed by atoms with Crippen LogP contribution in [-0.4, -0.2) is 11.3 Å². The van der Waals surface area contributed by atoms with Gasteiger partial charge in [0, 0.05) is 5.56 Å². The highest BCUT2D eigenvalue weighted by atomic mass is 19.4. The van der Waals surface area contributed by atoms with E-state index in [-0.39, 0.29) is 0 Å². The van der Waals surface area contributed by atoms with E-state index in [9.17, 15) is 22.0 Å². The average molecular weight is 213 g/mol. The van der Waals surface area contributed by atoms with Crippen molar-refractivity contribution in [1.29, 1.82) is 0 Å². The Balaban J connectivity index is 3.13. The van der Waals surface area contributed by atoms with E-state index in [0.717, 1.165) is 6.92 Å². The van der Waals surface area contributed by atoms with Crippen molar-refractivity contribution in [3.63, 3.8) is 0 Å². The molecule has 0 saturated carbocycles. The molecular formula is C7H4F5NO. The molecule has 0 unspecified atom stereocenters. The lowest BCUT2D eigenvalue weighted by atomic mass is 10.3. The lowest BCUT2D eigenvalue weighted by molar-refractivity contribution is -0.275. The van der Waals surface area contributed by atoms with Crippen LogP contribution in [0, 0.1) is 18.7 Å². The van der Waals surface area contributed by atoms with E-state index >= 15 is 0 Å². The number of aromatic nitrogens is 1. The molecule has 0 N–H and O–H groups in total. The Morgan fingerprint density at radius 3 is 2.36 bits per heavy atom. The van der Waals surface area contributed by atoms with E-state index in [2.05, 4.69) is 9.72 Å². The molecule has 0 bridgehead atoms. The van der Waals surface area contributed by atoms with Crippen LogP contribution in [0.15, 0.2) is 6.20 Å². The highest BCUT2D eigenvalue weighted by Gasteiger charge is 2.33. The summed E-state index contributed by atoms with van der Waals surface area (Å²) in [6, 6.07) is 0. The monoisotopic (exact) mass is 213 g/mol. The van der Waals surface area contributed by atoms with E-state index < -0.39 is 29.4 Å². The lowest BCUT2D eigenvalue weighted by Crippen LogP contribution is -2.19.